The van der Waals surface area contributed by atoms with Gasteiger partial charge >= 0.3 is 0 Å². The lowest BCUT2D eigenvalue weighted by Crippen LogP contribution is -2.17. The van der Waals surface area contributed by atoms with Gasteiger partial charge in [0.2, 0.25) is 0 Å². The van der Waals surface area contributed by atoms with Gasteiger partial charge in [-0.05, 0) is 129 Å². The predicted octanol–water partition coefficient (Wildman–Crippen LogP) is 15.8. The summed E-state index contributed by atoms with van der Waals surface area (Å²) in [6.07, 6.45) is 6.55. The Labute approximate surface area is 351 Å². The molecule has 9 aromatic carbocycles. The molecular weight excluding hydrogens is 725 g/mol. The highest BCUT2D eigenvalue weighted by Crippen LogP contribution is 2.41. The van der Waals surface area contributed by atoms with Gasteiger partial charge in [0.15, 0.2) is 0 Å². The fourth-order valence-corrected chi connectivity index (χ4v) is 9.26. The minimum absolute atomic E-state index is 0.937. The predicted molar refractivity (Wildman–Crippen MR) is 255 cm³/mol. The molecule has 0 aliphatic heterocycles. The largest absolute Gasteiger partial charge is 0.314 e. The van der Waals surface area contributed by atoms with E-state index >= 15 is 0 Å². The smallest absolute Gasteiger partial charge is 0.0547 e. The Morgan fingerprint density at radius 1 is 0.367 bits per heavy atom. The fourth-order valence-electron chi connectivity index (χ4n) is 9.26. The summed E-state index contributed by atoms with van der Waals surface area (Å²) in [5.74, 6) is 0. The Bertz CT molecular complexity index is 3240. The molecule has 0 bridgehead atoms. The van der Waals surface area contributed by atoms with Crippen molar-refractivity contribution in [2.24, 2.45) is 0 Å². The zero-order chi connectivity index (χ0) is 39.8. The maximum absolute atomic E-state index is 2.43. The highest BCUT2D eigenvalue weighted by Gasteiger charge is 2.20. The molecule has 1 aliphatic carbocycles. The molecular formula is C58H42N2. The van der Waals surface area contributed by atoms with Gasteiger partial charge in [-0.25, -0.2) is 0 Å². The second kappa shape index (κ2) is 15.2. The molecule has 2 nitrogen and oxygen atoms in total. The molecule has 10 aromatic rings. The Morgan fingerprint density at radius 2 is 0.967 bits per heavy atom. The van der Waals surface area contributed by atoms with E-state index in [1.165, 1.54) is 88.5 Å². The van der Waals surface area contributed by atoms with Crippen LogP contribution in [0.1, 0.15) is 18.4 Å². The van der Waals surface area contributed by atoms with Crippen LogP contribution in [0.25, 0.3) is 77.2 Å². The third-order valence-electron chi connectivity index (χ3n) is 12.1. The lowest BCUT2D eigenvalue weighted by Gasteiger charge is -2.30. The van der Waals surface area contributed by atoms with Crippen LogP contribution in [0.15, 0.2) is 236 Å². The summed E-state index contributed by atoms with van der Waals surface area (Å²) in [7, 11) is 0. The number of fused-ring (bicyclic) bond motifs is 4. The van der Waals surface area contributed by atoms with Crippen molar-refractivity contribution in [2.45, 2.75) is 12.8 Å². The summed E-state index contributed by atoms with van der Waals surface area (Å²) in [6.45, 7) is 0. The van der Waals surface area contributed by atoms with E-state index in [0.29, 0.717) is 0 Å². The van der Waals surface area contributed by atoms with E-state index in [1.54, 1.807) is 0 Å². The zero-order valence-electron chi connectivity index (χ0n) is 33.2. The molecule has 0 N–H and O–H groups in total. The first-order valence-electron chi connectivity index (χ1n) is 20.9. The molecule has 0 unspecified atom stereocenters. The van der Waals surface area contributed by atoms with Crippen molar-refractivity contribution in [1.82, 2.24) is 4.57 Å². The Kier molecular flexibility index (Phi) is 9.02. The Balaban J connectivity index is 0.935. The van der Waals surface area contributed by atoms with Crippen molar-refractivity contribution in [3.63, 3.8) is 0 Å². The van der Waals surface area contributed by atoms with Crippen molar-refractivity contribution >= 4 is 49.5 Å². The van der Waals surface area contributed by atoms with Crippen LogP contribution in [-0.4, -0.2) is 4.57 Å². The van der Waals surface area contributed by atoms with Crippen LogP contribution in [0, 0.1) is 0 Å². The first kappa shape index (κ1) is 35.5. The normalized spacial score (nSPS) is 12.7. The van der Waals surface area contributed by atoms with E-state index in [-0.39, 0.29) is 0 Å². The molecule has 1 aliphatic rings. The summed E-state index contributed by atoms with van der Waals surface area (Å²) in [4.78, 5) is 2.43. The Morgan fingerprint density at radius 3 is 1.78 bits per heavy atom. The van der Waals surface area contributed by atoms with Crippen molar-refractivity contribution in [1.29, 1.82) is 0 Å². The first-order chi connectivity index (χ1) is 29.8. The monoisotopic (exact) mass is 766 g/mol. The molecule has 0 fully saturated rings. The van der Waals surface area contributed by atoms with Crippen LogP contribution in [-0.2, 0) is 0 Å². The minimum Gasteiger partial charge on any atom is -0.314 e. The van der Waals surface area contributed by atoms with Crippen LogP contribution in [0.3, 0.4) is 0 Å². The lowest BCUT2D eigenvalue weighted by atomic mass is 9.92. The van der Waals surface area contributed by atoms with Crippen LogP contribution in [0.5, 0.6) is 0 Å². The van der Waals surface area contributed by atoms with Gasteiger partial charge in [-0.3, -0.25) is 0 Å². The van der Waals surface area contributed by atoms with Gasteiger partial charge < -0.3 is 9.47 Å². The molecule has 1 heterocycles. The lowest BCUT2D eigenvalue weighted by molar-refractivity contribution is 0.930. The van der Waals surface area contributed by atoms with E-state index in [4.69, 9.17) is 0 Å². The number of benzene rings is 9. The van der Waals surface area contributed by atoms with Crippen molar-refractivity contribution in [3.8, 4) is 39.1 Å². The molecule has 284 valence electrons. The van der Waals surface area contributed by atoms with E-state index in [0.717, 1.165) is 24.2 Å². The Hall–Kier alpha value is -7.68. The third-order valence-corrected chi connectivity index (χ3v) is 12.1. The third kappa shape index (κ3) is 6.40. The number of hydrogen-bond acceptors (Lipinski definition) is 1. The molecule has 0 spiro atoms. The maximum Gasteiger partial charge on any atom is 0.0547 e. The van der Waals surface area contributed by atoms with Gasteiger partial charge in [0, 0.05) is 33.5 Å². The summed E-state index contributed by atoms with van der Waals surface area (Å²) in [5.41, 5.74) is 17.2. The average molecular weight is 767 g/mol. The number of rotatable bonds is 8. The van der Waals surface area contributed by atoms with Crippen LogP contribution in [0.2, 0.25) is 0 Å². The second-order valence-corrected chi connectivity index (χ2v) is 15.6. The SMILES string of the molecule is C1=C(c2ccc(-c3cccc4ccccc34)cc2)CCC(N(c2ccccc2)c2cccc(-c3cccc(-c4cccc5c4c4ccccc4n5-c4ccccc4)c3)c2)=C1. The van der Waals surface area contributed by atoms with Gasteiger partial charge in [-0.2, -0.15) is 0 Å². The van der Waals surface area contributed by atoms with Gasteiger partial charge in [0.1, 0.15) is 0 Å². The maximum atomic E-state index is 2.43. The van der Waals surface area contributed by atoms with Crippen molar-refractivity contribution in [2.75, 3.05) is 4.90 Å². The van der Waals surface area contributed by atoms with Crippen LogP contribution in [0.4, 0.5) is 11.4 Å². The number of nitrogens with zero attached hydrogens (tertiary/aromatic N) is 2. The molecule has 0 amide bonds. The molecule has 0 radical (unpaired) electrons. The highest BCUT2D eigenvalue weighted by molar-refractivity contribution is 6.16. The summed E-state index contributed by atoms with van der Waals surface area (Å²) < 4.78 is 2.39. The summed E-state index contributed by atoms with van der Waals surface area (Å²) in [5, 5.41) is 5.09. The average Bonchev–Trinajstić information content (AvgIpc) is 3.67. The van der Waals surface area contributed by atoms with E-state index in [9.17, 15) is 0 Å². The quantitative estimate of drug-likeness (QED) is 0.150. The van der Waals surface area contributed by atoms with E-state index in [1.807, 2.05) is 0 Å². The summed E-state index contributed by atoms with van der Waals surface area (Å²) >= 11 is 0. The molecule has 11 rings (SSSR count). The molecule has 0 atom stereocenters. The van der Waals surface area contributed by atoms with Gasteiger partial charge in [0.05, 0.1) is 11.0 Å². The second-order valence-electron chi connectivity index (χ2n) is 15.6. The summed E-state index contributed by atoms with van der Waals surface area (Å²) in [6, 6.07) is 79.4. The molecule has 2 heteroatoms. The van der Waals surface area contributed by atoms with Crippen molar-refractivity contribution < 1.29 is 0 Å². The van der Waals surface area contributed by atoms with E-state index in [2.05, 4.69) is 240 Å². The number of aromatic nitrogens is 1. The molecule has 0 saturated heterocycles. The van der Waals surface area contributed by atoms with Crippen LogP contribution >= 0.6 is 0 Å². The zero-order valence-corrected chi connectivity index (χ0v) is 33.2. The fraction of sp³-hybridized carbons (Fsp3) is 0.0345. The number of anilines is 2. The molecule has 1 aromatic heterocycles. The van der Waals surface area contributed by atoms with Gasteiger partial charge in [0.25, 0.3) is 0 Å². The van der Waals surface area contributed by atoms with Gasteiger partial charge in [-0.15, -0.1) is 0 Å². The topological polar surface area (TPSA) is 8.17 Å². The standard InChI is InChI=1S/C58H42N2/c1-3-20-48(21-4-1)59(50-37-35-42(36-38-50)41-31-33-44(34-32-41)53-27-13-16-43-15-7-8-25-52(43)53)51-24-12-18-46(40-51)45-17-11-19-47(39-45)54-28-14-30-57-58(54)55-26-9-10-29-56(55)60(57)49-22-5-2-6-23-49/h1-35,37,39-40H,36,38H2. The minimum atomic E-state index is 0.937. The number of para-hydroxylation sites is 3. The number of hydrogen-bond donors (Lipinski definition) is 0. The molecule has 0 saturated carbocycles. The highest BCUT2D eigenvalue weighted by atomic mass is 15.1. The number of allylic oxidation sites excluding steroid dienone is 4. The molecule has 60 heavy (non-hydrogen) atoms. The van der Waals surface area contributed by atoms with Crippen LogP contribution < -0.4 is 4.90 Å². The van der Waals surface area contributed by atoms with E-state index < -0.39 is 0 Å². The first-order valence-corrected chi connectivity index (χ1v) is 20.9. The van der Waals surface area contributed by atoms with Crippen molar-refractivity contribution in [3.05, 3.63) is 242 Å². The van der Waals surface area contributed by atoms with Gasteiger partial charge in [-0.1, -0.05) is 170 Å².